The first-order chi connectivity index (χ1) is 16.1. The van der Waals surface area contributed by atoms with Gasteiger partial charge in [0.05, 0.1) is 29.2 Å². The Morgan fingerprint density at radius 1 is 1.09 bits per heavy atom. The first kappa shape index (κ1) is 25.4. The first-order valence-electron chi connectivity index (χ1n) is 11.1. The zero-order chi connectivity index (χ0) is 25.0. The van der Waals surface area contributed by atoms with E-state index >= 15 is 0 Å². The monoisotopic (exact) mass is 487 g/mol. The number of nitrogens with zero attached hydrogens (tertiary/aromatic N) is 2. The van der Waals surface area contributed by atoms with E-state index in [1.807, 2.05) is 0 Å². The molecule has 1 fully saturated rings. The second kappa shape index (κ2) is 10.4. The molecule has 1 aliphatic heterocycles. The number of imide groups is 1. The fourth-order valence-electron chi connectivity index (χ4n) is 3.79. The van der Waals surface area contributed by atoms with Crippen molar-refractivity contribution in [3.8, 4) is 0 Å². The van der Waals surface area contributed by atoms with Gasteiger partial charge >= 0.3 is 5.97 Å². The minimum Gasteiger partial charge on any atom is -0.462 e. The number of carbonyl (C=O) groups is 3. The molecule has 2 aromatic rings. The van der Waals surface area contributed by atoms with Crippen molar-refractivity contribution in [3.63, 3.8) is 0 Å². The van der Waals surface area contributed by atoms with Gasteiger partial charge in [0.1, 0.15) is 6.04 Å². The number of nitrogens with one attached hydrogen (secondary N) is 1. The fraction of sp³-hybridized carbons (Fsp3) is 0.375. The van der Waals surface area contributed by atoms with E-state index in [1.165, 1.54) is 40.7 Å². The molecule has 0 aliphatic carbocycles. The largest absolute Gasteiger partial charge is 0.462 e. The maximum absolute atomic E-state index is 13.1. The molecule has 182 valence electrons. The summed E-state index contributed by atoms with van der Waals surface area (Å²) in [6.45, 7) is 7.97. The molecule has 0 spiro atoms. The zero-order valence-corrected chi connectivity index (χ0v) is 20.5. The standard InChI is InChI=1S/C24H29N3O6S/c1-5-26(6-2)34(31,32)19-13-8-16(4)20(14-19)25-21-15-22(28)27(23(21)29)18-11-9-17(10-12-18)24(30)33-7-3/h8-14,21,25H,5-7,15H2,1-4H3/t21-/m1/s1. The zero-order valence-electron chi connectivity index (χ0n) is 19.7. The van der Waals surface area contributed by atoms with E-state index < -0.39 is 33.8 Å². The fourth-order valence-corrected chi connectivity index (χ4v) is 5.28. The molecule has 1 atom stereocenters. The summed E-state index contributed by atoms with van der Waals surface area (Å²) in [5, 5.41) is 3.05. The molecule has 34 heavy (non-hydrogen) atoms. The van der Waals surface area contributed by atoms with Crippen LogP contribution in [-0.4, -0.2) is 56.2 Å². The number of ether oxygens (including phenoxy) is 1. The Kier molecular flexibility index (Phi) is 7.73. The van der Waals surface area contributed by atoms with Gasteiger partial charge in [0.15, 0.2) is 0 Å². The van der Waals surface area contributed by atoms with Crippen LogP contribution in [0, 0.1) is 6.92 Å². The smallest absolute Gasteiger partial charge is 0.338 e. The van der Waals surface area contributed by atoms with Gasteiger partial charge in [-0.1, -0.05) is 19.9 Å². The number of amides is 2. The van der Waals surface area contributed by atoms with E-state index in [2.05, 4.69) is 5.32 Å². The van der Waals surface area contributed by atoms with Crippen LogP contribution in [0.2, 0.25) is 0 Å². The molecule has 0 unspecified atom stereocenters. The Bertz CT molecular complexity index is 1190. The van der Waals surface area contributed by atoms with E-state index in [0.717, 1.165) is 10.5 Å². The molecule has 0 bridgehead atoms. The molecule has 2 amide bonds. The van der Waals surface area contributed by atoms with E-state index in [-0.39, 0.29) is 17.9 Å². The van der Waals surface area contributed by atoms with Gasteiger partial charge in [-0.25, -0.2) is 18.1 Å². The third-order valence-corrected chi connectivity index (χ3v) is 7.71. The van der Waals surface area contributed by atoms with Crippen LogP contribution in [0.15, 0.2) is 47.4 Å². The van der Waals surface area contributed by atoms with Crippen LogP contribution in [0.1, 0.15) is 43.1 Å². The van der Waals surface area contributed by atoms with Crippen LogP contribution in [0.3, 0.4) is 0 Å². The van der Waals surface area contributed by atoms with Gasteiger partial charge in [-0.3, -0.25) is 9.59 Å². The molecular weight excluding hydrogens is 458 g/mol. The van der Waals surface area contributed by atoms with Gasteiger partial charge in [0, 0.05) is 18.8 Å². The van der Waals surface area contributed by atoms with Crippen molar-refractivity contribution in [1.82, 2.24) is 4.31 Å². The number of benzene rings is 2. The molecule has 1 saturated heterocycles. The quantitative estimate of drug-likeness (QED) is 0.427. The van der Waals surface area contributed by atoms with Gasteiger partial charge in [0.25, 0.3) is 5.91 Å². The van der Waals surface area contributed by atoms with Crippen molar-refractivity contribution in [2.75, 3.05) is 29.9 Å². The second-order valence-corrected chi connectivity index (χ2v) is 9.74. The Hall–Kier alpha value is -3.24. The summed E-state index contributed by atoms with van der Waals surface area (Å²) in [5.74, 6) is -1.33. The summed E-state index contributed by atoms with van der Waals surface area (Å²) in [7, 11) is -3.67. The van der Waals surface area contributed by atoms with Crippen LogP contribution < -0.4 is 10.2 Å². The predicted octanol–water partition coefficient (Wildman–Crippen LogP) is 2.95. The van der Waals surface area contributed by atoms with E-state index in [0.29, 0.717) is 30.0 Å². The summed E-state index contributed by atoms with van der Waals surface area (Å²) in [6.07, 6.45) is -0.0784. The van der Waals surface area contributed by atoms with Crippen molar-refractivity contribution in [1.29, 1.82) is 0 Å². The highest BCUT2D eigenvalue weighted by Crippen LogP contribution is 2.28. The minimum absolute atomic E-state index is 0.0784. The number of hydrogen-bond donors (Lipinski definition) is 1. The lowest BCUT2D eigenvalue weighted by atomic mass is 10.1. The number of hydrogen-bond acceptors (Lipinski definition) is 7. The summed E-state index contributed by atoms with van der Waals surface area (Å²) in [5.41, 5.74) is 1.89. The molecule has 2 aromatic carbocycles. The van der Waals surface area contributed by atoms with E-state index in [4.69, 9.17) is 4.74 Å². The molecule has 3 rings (SSSR count). The average Bonchev–Trinajstić information content (AvgIpc) is 3.08. The summed E-state index contributed by atoms with van der Waals surface area (Å²) >= 11 is 0. The average molecular weight is 488 g/mol. The molecule has 0 saturated carbocycles. The SMILES string of the molecule is CCOC(=O)c1ccc(N2C(=O)C[C@@H](Nc3cc(S(=O)(=O)N(CC)CC)ccc3C)C2=O)cc1. The molecular formula is C24H29N3O6S. The molecule has 1 heterocycles. The third kappa shape index (κ3) is 4.97. The highest BCUT2D eigenvalue weighted by atomic mass is 32.2. The highest BCUT2D eigenvalue weighted by molar-refractivity contribution is 7.89. The Morgan fingerprint density at radius 3 is 2.32 bits per heavy atom. The summed E-state index contributed by atoms with van der Waals surface area (Å²) in [6, 6.07) is 9.90. The van der Waals surface area contributed by atoms with Crippen LogP contribution in [0.4, 0.5) is 11.4 Å². The minimum atomic E-state index is -3.67. The number of anilines is 2. The molecule has 0 aromatic heterocycles. The lowest BCUT2D eigenvalue weighted by Crippen LogP contribution is -2.35. The predicted molar refractivity (Wildman–Crippen MR) is 128 cm³/mol. The molecule has 10 heteroatoms. The van der Waals surface area contributed by atoms with Gasteiger partial charge in [-0.05, 0) is 55.8 Å². The topological polar surface area (TPSA) is 113 Å². The number of carbonyl (C=O) groups excluding carboxylic acids is 3. The van der Waals surface area contributed by atoms with Gasteiger partial charge in [-0.2, -0.15) is 4.31 Å². The first-order valence-corrected chi connectivity index (χ1v) is 12.6. The van der Waals surface area contributed by atoms with Crippen molar-refractivity contribution < 1.29 is 27.5 Å². The maximum Gasteiger partial charge on any atom is 0.338 e. The molecule has 9 nitrogen and oxygen atoms in total. The number of sulfonamides is 1. The number of esters is 1. The lowest BCUT2D eigenvalue weighted by molar-refractivity contribution is -0.121. The van der Waals surface area contributed by atoms with Crippen LogP contribution in [-0.2, 0) is 24.3 Å². The Morgan fingerprint density at radius 2 is 1.74 bits per heavy atom. The normalized spacial score (nSPS) is 16.3. The van der Waals surface area contributed by atoms with Crippen LogP contribution in [0.25, 0.3) is 0 Å². The van der Waals surface area contributed by atoms with Gasteiger partial charge < -0.3 is 10.1 Å². The second-order valence-electron chi connectivity index (χ2n) is 7.80. The van der Waals surface area contributed by atoms with Crippen molar-refractivity contribution in [2.45, 2.75) is 45.1 Å². The summed E-state index contributed by atoms with van der Waals surface area (Å²) in [4.78, 5) is 38.7. The molecule has 1 aliphatic rings. The Labute approximate surface area is 199 Å². The third-order valence-electron chi connectivity index (χ3n) is 5.67. The molecule has 0 radical (unpaired) electrons. The molecule has 1 N–H and O–H groups in total. The van der Waals surface area contributed by atoms with Crippen LogP contribution in [0.5, 0.6) is 0 Å². The maximum atomic E-state index is 13.1. The van der Waals surface area contributed by atoms with Crippen LogP contribution >= 0.6 is 0 Å². The lowest BCUT2D eigenvalue weighted by Gasteiger charge is -2.21. The van der Waals surface area contributed by atoms with E-state index in [1.54, 1.807) is 33.8 Å². The Balaban J connectivity index is 1.82. The van der Waals surface area contributed by atoms with E-state index in [9.17, 15) is 22.8 Å². The number of aryl methyl sites for hydroxylation is 1. The van der Waals surface area contributed by atoms with Gasteiger partial charge in [-0.15, -0.1) is 0 Å². The number of rotatable bonds is 9. The van der Waals surface area contributed by atoms with Crippen molar-refractivity contribution in [2.24, 2.45) is 0 Å². The van der Waals surface area contributed by atoms with Crippen molar-refractivity contribution >= 4 is 39.2 Å². The van der Waals surface area contributed by atoms with Crippen molar-refractivity contribution in [3.05, 3.63) is 53.6 Å². The highest BCUT2D eigenvalue weighted by Gasteiger charge is 2.40. The summed E-state index contributed by atoms with van der Waals surface area (Å²) < 4.78 is 32.1. The van der Waals surface area contributed by atoms with Gasteiger partial charge in [0.2, 0.25) is 15.9 Å².